The van der Waals surface area contributed by atoms with Gasteiger partial charge in [-0.15, -0.1) is 22.7 Å². The van der Waals surface area contributed by atoms with Gasteiger partial charge in [-0.2, -0.15) is 42.5 Å². The number of hydrogen-bond acceptors (Lipinski definition) is 1. The molecule has 0 bridgehead atoms. The largest absolute Gasteiger partial charge is 2.00 e. The molecule has 0 saturated heterocycles. The van der Waals surface area contributed by atoms with Crippen molar-refractivity contribution in [3.05, 3.63) is 207 Å². The first kappa shape index (κ1) is 41.7. The normalized spacial score (nSPS) is 9.65. The van der Waals surface area contributed by atoms with Crippen molar-refractivity contribution >= 4 is 47.7 Å². The van der Waals surface area contributed by atoms with Crippen molar-refractivity contribution in [3.8, 4) is 5.75 Å². The zero-order valence-corrected chi connectivity index (χ0v) is 31.2. The number of hydrogen-bond donors (Lipinski definition) is 0. The van der Waals surface area contributed by atoms with Crippen LogP contribution < -0.4 is 36.6 Å². The molecule has 0 aliphatic rings. The summed E-state index contributed by atoms with van der Waals surface area (Å²) in [5.41, 5.74) is 0. The maximum Gasteiger partial charge on any atom is 2.00 e. The van der Waals surface area contributed by atoms with Gasteiger partial charge in [0.25, 0.3) is 0 Å². The van der Waals surface area contributed by atoms with Crippen molar-refractivity contribution in [3.63, 3.8) is 0 Å². The van der Waals surface area contributed by atoms with E-state index < -0.39 is 22.8 Å². The van der Waals surface area contributed by atoms with Crippen LogP contribution in [0.25, 0.3) is 0 Å². The molecule has 0 aliphatic carbocycles. The van der Waals surface area contributed by atoms with Crippen LogP contribution in [-0.2, 0) is 37.5 Å². The Kier molecular flexibility index (Phi) is 20.9. The zero-order chi connectivity index (χ0) is 32.9. The minimum Gasteiger partial charge on any atom is -0.522 e. The van der Waals surface area contributed by atoms with E-state index in [9.17, 15) is 8.78 Å². The summed E-state index contributed by atoms with van der Waals surface area (Å²) in [6, 6.07) is 70.7. The summed E-state index contributed by atoms with van der Waals surface area (Å²) in [7, 11) is 0.830. The van der Waals surface area contributed by atoms with Gasteiger partial charge in [-0.05, 0) is 44.0 Å². The average Bonchev–Trinajstić information content (AvgIpc) is 3.88. The van der Waals surface area contributed by atoms with E-state index >= 15 is 0 Å². The van der Waals surface area contributed by atoms with E-state index in [-0.39, 0.29) is 37.5 Å². The molecule has 0 atom stereocenters. The molecular formula is C42H36F2FeOP2Pd. The second-order valence-electron chi connectivity index (χ2n) is 9.82. The molecule has 0 heterocycles. The minimum atomic E-state index is -1.00. The van der Waals surface area contributed by atoms with Crippen molar-refractivity contribution in [1.29, 1.82) is 0 Å². The van der Waals surface area contributed by atoms with E-state index in [1.165, 1.54) is 31.8 Å². The Morgan fingerprint density at radius 2 is 0.816 bits per heavy atom. The maximum atomic E-state index is 9.50. The fourth-order valence-electron chi connectivity index (χ4n) is 4.74. The number of halogens is 2. The molecule has 0 amide bonds. The van der Waals surface area contributed by atoms with Gasteiger partial charge >= 0.3 is 37.5 Å². The smallest absolute Gasteiger partial charge is 0.522 e. The molecule has 0 radical (unpaired) electrons. The van der Waals surface area contributed by atoms with Gasteiger partial charge in [0.2, 0.25) is 0 Å². The fraction of sp³-hybridized carbons (Fsp3) is 0.0238. The number of rotatable bonds is 7. The molecule has 7 aromatic rings. The number of ether oxygens (including phenoxy) is 1. The summed E-state index contributed by atoms with van der Waals surface area (Å²) in [6.45, 7) is -1.00. The maximum absolute atomic E-state index is 9.50. The topological polar surface area (TPSA) is 9.23 Å². The zero-order valence-electron chi connectivity index (χ0n) is 26.8. The summed E-state index contributed by atoms with van der Waals surface area (Å²) in [6.07, 6.45) is 0. The van der Waals surface area contributed by atoms with Crippen LogP contribution >= 0.6 is 15.8 Å². The monoisotopic (exact) mass is 818 g/mol. The van der Waals surface area contributed by atoms with E-state index in [1.54, 1.807) is 7.11 Å². The van der Waals surface area contributed by atoms with Gasteiger partial charge in [-0.3, -0.25) is 0 Å². The molecule has 7 aromatic carbocycles. The molecular weight excluding hydrogens is 783 g/mol. The summed E-state index contributed by atoms with van der Waals surface area (Å²) in [5.74, 6) is 0.878. The molecule has 0 N–H and O–H groups in total. The van der Waals surface area contributed by atoms with Crippen molar-refractivity contribution in [2.45, 2.75) is 0 Å². The predicted octanol–water partition coefficient (Wildman–Crippen LogP) is 8.86. The van der Waals surface area contributed by atoms with Crippen LogP contribution in [-0.4, -0.2) is 7.11 Å². The van der Waals surface area contributed by atoms with E-state index in [0.717, 1.165) is 5.75 Å². The minimum absolute atomic E-state index is 0. The van der Waals surface area contributed by atoms with Crippen LogP contribution in [0, 0.1) is 13.0 Å². The van der Waals surface area contributed by atoms with Crippen molar-refractivity contribution < 1.29 is 51.0 Å². The third-order valence-corrected chi connectivity index (χ3v) is 11.7. The van der Waals surface area contributed by atoms with Crippen molar-refractivity contribution in [2.24, 2.45) is 0 Å². The Bertz CT molecular complexity index is 1550. The second-order valence-corrected chi connectivity index (χ2v) is 14.3. The van der Waals surface area contributed by atoms with Gasteiger partial charge in [0, 0.05) is 5.75 Å². The van der Waals surface area contributed by atoms with E-state index in [2.05, 4.69) is 176 Å². The Labute approximate surface area is 316 Å². The van der Waals surface area contributed by atoms with Crippen LogP contribution in [0.15, 0.2) is 194 Å². The third kappa shape index (κ3) is 13.7. The number of methoxy groups -OCH3 is 1. The van der Waals surface area contributed by atoms with Crippen molar-refractivity contribution in [1.82, 2.24) is 0 Å². The van der Waals surface area contributed by atoms with E-state index in [1.807, 2.05) is 24.3 Å². The van der Waals surface area contributed by atoms with Gasteiger partial charge in [0.1, 0.15) is 0 Å². The Hall–Kier alpha value is -3.50. The third-order valence-electron chi connectivity index (χ3n) is 6.79. The Balaban J connectivity index is 0.000000255. The van der Waals surface area contributed by atoms with Gasteiger partial charge in [-0.1, -0.05) is 121 Å². The first-order valence-corrected chi connectivity index (χ1v) is 17.7. The molecule has 252 valence electrons. The van der Waals surface area contributed by atoms with Crippen molar-refractivity contribution in [2.75, 3.05) is 7.11 Å². The van der Waals surface area contributed by atoms with E-state index in [4.69, 9.17) is 4.74 Å². The fourth-order valence-corrected chi connectivity index (χ4v) is 9.35. The molecule has 0 aromatic heterocycles. The van der Waals surface area contributed by atoms with Gasteiger partial charge < -0.3 is 13.5 Å². The predicted molar refractivity (Wildman–Crippen MR) is 200 cm³/mol. The van der Waals surface area contributed by atoms with Crippen LogP contribution in [0.3, 0.4) is 0 Å². The van der Waals surface area contributed by atoms with Crippen LogP contribution in [0.5, 0.6) is 5.75 Å². The molecule has 49 heavy (non-hydrogen) atoms. The quantitative estimate of drug-likeness (QED) is 0.0888. The summed E-state index contributed by atoms with van der Waals surface area (Å²) < 4.78 is 23.9. The summed E-state index contributed by atoms with van der Waals surface area (Å²) >= 11 is 0. The number of benzene rings is 5. The van der Waals surface area contributed by atoms with Crippen LogP contribution in [0.2, 0.25) is 0 Å². The molecule has 0 aliphatic heterocycles. The van der Waals surface area contributed by atoms with Gasteiger partial charge in [0.05, 0.1) is 7.11 Å². The average molecular weight is 819 g/mol. The first-order valence-electron chi connectivity index (χ1n) is 15.0. The van der Waals surface area contributed by atoms with Crippen LogP contribution in [0.1, 0.15) is 0 Å². The van der Waals surface area contributed by atoms with Gasteiger partial charge in [0.15, 0.2) is 0 Å². The molecule has 7 rings (SSSR count). The van der Waals surface area contributed by atoms with Crippen LogP contribution in [0.4, 0.5) is 8.78 Å². The molecule has 0 fully saturated rings. The standard InChI is InChI=1S/2C17H14P.C7H7O.CHF2.Fe.Pd/c2*1-3-9-15(10-4-1)18(17-13-7-8-14-17)16-11-5-2-6-12-16;1-8-7-5-3-2-4-6-7;2-1-3;;/h2*1-14H;3-6H,1H3;1H;;/q4*-1;2*+2. The first-order chi connectivity index (χ1) is 23.2. The van der Waals surface area contributed by atoms with E-state index in [0.29, 0.717) is 0 Å². The Morgan fingerprint density at radius 1 is 0.510 bits per heavy atom. The molecule has 0 unspecified atom stereocenters. The van der Waals surface area contributed by atoms with Gasteiger partial charge in [-0.25, -0.2) is 24.3 Å². The molecule has 0 saturated carbocycles. The molecule has 0 spiro atoms. The summed E-state index contributed by atoms with van der Waals surface area (Å²) in [4.78, 5) is 0. The molecule has 7 heteroatoms. The second kappa shape index (κ2) is 24.6. The Morgan fingerprint density at radius 3 is 1.04 bits per heavy atom. The molecule has 1 nitrogen and oxygen atoms in total. The SMILES string of the molecule is COc1cc[c-]cc1.F[CH-]F.[Fe+2].[Pd+2].c1ccc(P(c2ccccc2)c2ccc[cH-]2)cc1.c1ccc(P(c2ccccc2)c2ccc[cH-]2)cc1. The summed E-state index contributed by atoms with van der Waals surface area (Å²) in [5, 5.41) is 8.47.